The zero-order chi connectivity index (χ0) is 18.8. The van der Waals surface area contributed by atoms with Crippen molar-refractivity contribution >= 4 is 11.8 Å². The van der Waals surface area contributed by atoms with Crippen LogP contribution in [0.1, 0.15) is 44.2 Å². The smallest absolute Gasteiger partial charge is 0.242 e. The molecule has 3 atom stereocenters. The van der Waals surface area contributed by atoms with Crippen molar-refractivity contribution in [1.29, 1.82) is 0 Å². The van der Waals surface area contributed by atoms with Gasteiger partial charge in [0.2, 0.25) is 11.8 Å². The second-order valence-corrected chi connectivity index (χ2v) is 7.32. The Morgan fingerprint density at radius 1 is 1.31 bits per heavy atom. The molecule has 138 valence electrons. The SMILES string of the molecule is CCC(=O)N1CC(=O)N2[C@@H](CO)[C@H](c3ccc(C#CC(C)C)cc3)[C@@H]2C1. The molecule has 0 spiro atoms. The minimum Gasteiger partial charge on any atom is -0.394 e. The van der Waals surface area contributed by atoms with Crippen LogP contribution >= 0.6 is 0 Å². The number of hydrogen-bond donors (Lipinski definition) is 1. The van der Waals surface area contributed by atoms with Crippen molar-refractivity contribution in [1.82, 2.24) is 9.80 Å². The van der Waals surface area contributed by atoms with E-state index >= 15 is 0 Å². The number of amides is 2. The van der Waals surface area contributed by atoms with Crippen LogP contribution in [0.3, 0.4) is 0 Å². The van der Waals surface area contributed by atoms with E-state index in [0.29, 0.717) is 18.9 Å². The van der Waals surface area contributed by atoms with Crippen molar-refractivity contribution in [2.45, 2.75) is 45.2 Å². The van der Waals surface area contributed by atoms with Crippen molar-refractivity contribution in [3.05, 3.63) is 35.4 Å². The van der Waals surface area contributed by atoms with E-state index in [4.69, 9.17) is 0 Å². The molecule has 0 aliphatic carbocycles. The van der Waals surface area contributed by atoms with Crippen LogP contribution in [0.2, 0.25) is 0 Å². The van der Waals surface area contributed by atoms with Crippen LogP contribution in [-0.2, 0) is 9.59 Å². The normalized spacial score (nSPS) is 24.7. The van der Waals surface area contributed by atoms with Crippen LogP contribution < -0.4 is 0 Å². The molecule has 2 heterocycles. The van der Waals surface area contributed by atoms with E-state index in [9.17, 15) is 14.7 Å². The summed E-state index contributed by atoms with van der Waals surface area (Å²) in [6.07, 6.45) is 0.400. The summed E-state index contributed by atoms with van der Waals surface area (Å²) in [6, 6.07) is 7.76. The molecule has 1 N–H and O–H groups in total. The molecule has 1 aromatic rings. The Kier molecular flexibility index (Phi) is 5.33. The number of nitrogens with zero attached hydrogens (tertiary/aromatic N) is 2. The molecule has 0 saturated carbocycles. The van der Waals surface area contributed by atoms with E-state index in [1.165, 1.54) is 0 Å². The lowest BCUT2D eigenvalue weighted by molar-refractivity contribution is -0.166. The number of rotatable bonds is 3. The van der Waals surface area contributed by atoms with Crippen LogP contribution in [0, 0.1) is 17.8 Å². The van der Waals surface area contributed by atoms with E-state index in [1.807, 2.05) is 31.2 Å². The third-order valence-electron chi connectivity index (χ3n) is 5.21. The van der Waals surface area contributed by atoms with Gasteiger partial charge in [-0.3, -0.25) is 9.59 Å². The Balaban J connectivity index is 1.81. The van der Waals surface area contributed by atoms with Crippen molar-refractivity contribution in [2.24, 2.45) is 5.92 Å². The molecule has 0 radical (unpaired) electrons. The van der Waals surface area contributed by atoms with Gasteiger partial charge in [0.15, 0.2) is 0 Å². The van der Waals surface area contributed by atoms with Crippen molar-refractivity contribution in [3.63, 3.8) is 0 Å². The standard InChI is InChI=1S/C21H26N2O3/c1-4-19(25)22-11-17-21(18(13-24)23(17)20(26)12-22)16-9-7-15(8-10-16)6-5-14(2)3/h7-10,14,17-18,21,24H,4,11-13H2,1-3H3/t17-,18-,21+/m0/s1. The van der Waals surface area contributed by atoms with Crippen LogP contribution in [0.15, 0.2) is 24.3 Å². The maximum Gasteiger partial charge on any atom is 0.242 e. The highest BCUT2D eigenvalue weighted by molar-refractivity contribution is 5.87. The molecule has 5 nitrogen and oxygen atoms in total. The first kappa shape index (κ1) is 18.5. The number of hydrogen-bond acceptors (Lipinski definition) is 3. The zero-order valence-corrected chi connectivity index (χ0v) is 15.6. The minimum absolute atomic E-state index is 0.00325. The molecule has 2 aliphatic heterocycles. The summed E-state index contributed by atoms with van der Waals surface area (Å²) >= 11 is 0. The summed E-state index contributed by atoms with van der Waals surface area (Å²) in [5.41, 5.74) is 2.04. The third kappa shape index (κ3) is 3.34. The van der Waals surface area contributed by atoms with Gasteiger partial charge in [0.1, 0.15) is 0 Å². The monoisotopic (exact) mass is 354 g/mol. The molecule has 5 heteroatoms. The van der Waals surface area contributed by atoms with Crippen molar-refractivity contribution in [2.75, 3.05) is 19.7 Å². The molecule has 0 bridgehead atoms. The Hall–Kier alpha value is -2.32. The van der Waals surface area contributed by atoms with Gasteiger partial charge in [-0.05, 0) is 17.7 Å². The molecule has 26 heavy (non-hydrogen) atoms. The molecule has 1 aromatic carbocycles. The number of piperazine rings is 1. The summed E-state index contributed by atoms with van der Waals surface area (Å²) in [5, 5.41) is 9.80. The number of fused-ring (bicyclic) bond motifs is 1. The number of aliphatic hydroxyl groups is 1. The Morgan fingerprint density at radius 2 is 2.00 bits per heavy atom. The maximum absolute atomic E-state index is 12.4. The van der Waals surface area contributed by atoms with Gasteiger partial charge < -0.3 is 14.9 Å². The van der Waals surface area contributed by atoms with Gasteiger partial charge in [-0.2, -0.15) is 0 Å². The highest BCUT2D eigenvalue weighted by Crippen LogP contribution is 2.42. The second kappa shape index (κ2) is 7.51. The molecule has 2 amide bonds. The number of carbonyl (C=O) groups excluding carboxylic acids is 2. The highest BCUT2D eigenvalue weighted by atomic mass is 16.3. The van der Waals surface area contributed by atoms with Gasteiger partial charge in [-0.1, -0.05) is 44.7 Å². The number of carbonyl (C=O) groups is 2. The van der Waals surface area contributed by atoms with Gasteiger partial charge in [-0.15, -0.1) is 0 Å². The number of benzene rings is 1. The first-order valence-corrected chi connectivity index (χ1v) is 9.27. The van der Waals surface area contributed by atoms with E-state index in [0.717, 1.165) is 11.1 Å². The van der Waals surface area contributed by atoms with Gasteiger partial charge in [0.25, 0.3) is 0 Å². The van der Waals surface area contributed by atoms with Gasteiger partial charge in [0.05, 0.1) is 25.2 Å². The minimum atomic E-state index is -0.209. The van der Waals surface area contributed by atoms with Crippen LogP contribution in [0.5, 0.6) is 0 Å². The fourth-order valence-corrected chi connectivity index (χ4v) is 3.93. The predicted octanol–water partition coefficient (Wildman–Crippen LogP) is 1.60. The molecule has 3 rings (SSSR count). The van der Waals surface area contributed by atoms with Crippen LogP contribution in [-0.4, -0.2) is 58.5 Å². The molecular formula is C21H26N2O3. The predicted molar refractivity (Wildman–Crippen MR) is 99.3 cm³/mol. The molecule has 2 fully saturated rings. The Morgan fingerprint density at radius 3 is 2.58 bits per heavy atom. The maximum atomic E-state index is 12.4. The summed E-state index contributed by atoms with van der Waals surface area (Å²) < 4.78 is 0. The van der Waals surface area contributed by atoms with Crippen molar-refractivity contribution in [3.8, 4) is 11.8 Å². The molecule has 0 aromatic heterocycles. The van der Waals surface area contributed by atoms with Gasteiger partial charge >= 0.3 is 0 Å². The lowest BCUT2D eigenvalue weighted by atomic mass is 9.73. The Bertz CT molecular complexity index is 745. The molecule has 0 unspecified atom stereocenters. The van der Waals surface area contributed by atoms with Crippen LogP contribution in [0.25, 0.3) is 0 Å². The first-order chi connectivity index (χ1) is 12.5. The van der Waals surface area contributed by atoms with Crippen molar-refractivity contribution < 1.29 is 14.7 Å². The lowest BCUT2D eigenvalue weighted by Gasteiger charge is -2.58. The summed E-state index contributed by atoms with van der Waals surface area (Å²) in [6.45, 7) is 6.51. The topological polar surface area (TPSA) is 60.9 Å². The van der Waals surface area contributed by atoms with E-state index in [2.05, 4.69) is 25.7 Å². The third-order valence-corrected chi connectivity index (χ3v) is 5.21. The molecular weight excluding hydrogens is 328 g/mol. The lowest BCUT2D eigenvalue weighted by Crippen LogP contribution is -2.73. The number of aliphatic hydroxyl groups excluding tert-OH is 1. The van der Waals surface area contributed by atoms with E-state index < -0.39 is 0 Å². The average Bonchev–Trinajstić information content (AvgIpc) is 2.61. The van der Waals surface area contributed by atoms with Gasteiger partial charge in [0, 0.05) is 30.4 Å². The summed E-state index contributed by atoms with van der Waals surface area (Å²) in [5.74, 6) is 6.59. The van der Waals surface area contributed by atoms with E-state index in [-0.39, 0.29) is 43.0 Å². The van der Waals surface area contributed by atoms with E-state index in [1.54, 1.807) is 9.80 Å². The first-order valence-electron chi connectivity index (χ1n) is 9.27. The van der Waals surface area contributed by atoms with Gasteiger partial charge in [-0.25, -0.2) is 0 Å². The fourth-order valence-electron chi connectivity index (χ4n) is 3.93. The Labute approximate surface area is 155 Å². The van der Waals surface area contributed by atoms with Crippen LogP contribution in [0.4, 0.5) is 0 Å². The summed E-state index contributed by atoms with van der Waals surface area (Å²) in [7, 11) is 0. The average molecular weight is 354 g/mol. The summed E-state index contributed by atoms with van der Waals surface area (Å²) in [4.78, 5) is 27.9. The molecule has 2 aliphatic rings. The largest absolute Gasteiger partial charge is 0.394 e. The zero-order valence-electron chi connectivity index (χ0n) is 15.6. The molecule has 2 saturated heterocycles. The quantitative estimate of drug-likeness (QED) is 0.839. The second-order valence-electron chi connectivity index (χ2n) is 7.32. The fraction of sp³-hybridized carbons (Fsp3) is 0.524. The highest BCUT2D eigenvalue weighted by Gasteiger charge is 2.54.